The molecule has 2 nitrogen and oxygen atoms in total. The van der Waals surface area contributed by atoms with Crippen LogP contribution in [0, 0.1) is 0 Å². The van der Waals surface area contributed by atoms with Gasteiger partial charge < -0.3 is 4.98 Å². The fourth-order valence-electron chi connectivity index (χ4n) is 2.48. The molecule has 0 fully saturated rings. The molecule has 0 unspecified atom stereocenters. The van der Waals surface area contributed by atoms with E-state index in [-0.39, 0.29) is 16.4 Å². The minimum absolute atomic E-state index is 0.0107. The van der Waals surface area contributed by atoms with Crippen molar-refractivity contribution >= 4 is 10.8 Å². The molecule has 0 amide bonds. The Kier molecular flexibility index (Phi) is 3.08. The first-order valence-electron chi connectivity index (χ1n) is 6.77. The lowest BCUT2D eigenvalue weighted by Gasteiger charge is -2.30. The van der Waals surface area contributed by atoms with Crippen LogP contribution in [0.25, 0.3) is 10.8 Å². The van der Waals surface area contributed by atoms with Gasteiger partial charge in [-0.05, 0) is 39.5 Å². The number of aromatic amines is 1. The second-order valence-corrected chi connectivity index (χ2v) is 7.29. The molecule has 2 heteroatoms. The lowest BCUT2D eigenvalue weighted by Crippen LogP contribution is -2.22. The van der Waals surface area contributed by atoms with Crippen LogP contribution in [0.2, 0.25) is 0 Å². The quantitative estimate of drug-likeness (QED) is 0.756. The molecule has 102 valence electrons. The first-order valence-corrected chi connectivity index (χ1v) is 6.77. The molecule has 0 bridgehead atoms. The summed E-state index contributed by atoms with van der Waals surface area (Å²) in [6, 6.07) is 6.21. The fourth-order valence-corrected chi connectivity index (χ4v) is 2.48. The van der Waals surface area contributed by atoms with Crippen LogP contribution in [0.4, 0.5) is 0 Å². The zero-order valence-electron chi connectivity index (χ0n) is 12.7. The summed E-state index contributed by atoms with van der Waals surface area (Å²) >= 11 is 0. The highest BCUT2D eigenvalue weighted by molar-refractivity contribution is 5.83. The maximum atomic E-state index is 12.0. The summed E-state index contributed by atoms with van der Waals surface area (Å²) in [5.41, 5.74) is 2.66. The van der Waals surface area contributed by atoms with Crippen LogP contribution < -0.4 is 5.56 Å². The summed E-state index contributed by atoms with van der Waals surface area (Å²) in [4.78, 5) is 14.7. The molecule has 0 radical (unpaired) electrons. The van der Waals surface area contributed by atoms with Crippen LogP contribution in [-0.4, -0.2) is 4.98 Å². The van der Waals surface area contributed by atoms with Crippen molar-refractivity contribution in [1.29, 1.82) is 0 Å². The van der Waals surface area contributed by atoms with Crippen molar-refractivity contribution < 1.29 is 0 Å². The Morgan fingerprint density at radius 2 is 1.42 bits per heavy atom. The second-order valence-electron chi connectivity index (χ2n) is 7.29. The van der Waals surface area contributed by atoms with E-state index in [4.69, 9.17) is 0 Å². The van der Waals surface area contributed by atoms with Crippen LogP contribution in [0.3, 0.4) is 0 Å². The minimum atomic E-state index is -0.0107. The number of aromatic nitrogens is 1. The van der Waals surface area contributed by atoms with Gasteiger partial charge in [-0.15, -0.1) is 0 Å². The molecule has 0 saturated heterocycles. The van der Waals surface area contributed by atoms with Crippen LogP contribution in [-0.2, 0) is 10.8 Å². The number of pyridine rings is 1. The van der Waals surface area contributed by atoms with Crippen molar-refractivity contribution in [3.05, 3.63) is 45.9 Å². The van der Waals surface area contributed by atoms with Gasteiger partial charge in [0.1, 0.15) is 0 Å². The van der Waals surface area contributed by atoms with Crippen molar-refractivity contribution in [1.82, 2.24) is 4.98 Å². The van der Waals surface area contributed by atoms with E-state index in [1.54, 1.807) is 6.20 Å². The smallest absolute Gasteiger partial charge is 0.255 e. The van der Waals surface area contributed by atoms with E-state index < -0.39 is 0 Å². The predicted octanol–water partition coefficient (Wildman–Crippen LogP) is 4.12. The number of hydrogen-bond donors (Lipinski definition) is 1. The molecule has 0 aliphatic heterocycles. The number of fused-ring (bicyclic) bond motifs is 1. The zero-order chi connectivity index (χ0) is 14.4. The highest BCUT2D eigenvalue weighted by atomic mass is 16.1. The van der Waals surface area contributed by atoms with Gasteiger partial charge in [-0.3, -0.25) is 4.79 Å². The molecule has 0 spiro atoms. The summed E-state index contributed by atoms with van der Waals surface area (Å²) in [5, 5.41) is 1.79. The van der Waals surface area contributed by atoms with Crippen LogP contribution in [0.15, 0.2) is 29.2 Å². The molecular weight excluding hydrogens is 234 g/mol. The third-order valence-electron chi connectivity index (χ3n) is 3.53. The average Bonchev–Trinajstić information content (AvgIpc) is 2.25. The SMILES string of the molecule is CC(C)(C)c1cc2cc[nH]c(=O)c2cc1C(C)(C)C. The normalized spacial score (nSPS) is 12.9. The number of benzene rings is 1. The molecule has 0 aliphatic rings. The minimum Gasteiger partial charge on any atom is -0.329 e. The molecule has 19 heavy (non-hydrogen) atoms. The molecule has 0 aliphatic carbocycles. The molecule has 1 aromatic heterocycles. The number of rotatable bonds is 0. The van der Waals surface area contributed by atoms with Gasteiger partial charge >= 0.3 is 0 Å². The first-order chi connectivity index (χ1) is 8.60. The highest BCUT2D eigenvalue weighted by Crippen LogP contribution is 2.35. The van der Waals surface area contributed by atoms with Gasteiger partial charge in [-0.2, -0.15) is 0 Å². The lowest BCUT2D eigenvalue weighted by atomic mass is 9.74. The topological polar surface area (TPSA) is 32.9 Å². The Labute approximate surface area is 114 Å². The number of hydrogen-bond acceptors (Lipinski definition) is 1. The predicted molar refractivity (Wildman–Crippen MR) is 82.0 cm³/mol. The Morgan fingerprint density at radius 3 is 1.95 bits per heavy atom. The Bertz CT molecular complexity index is 666. The van der Waals surface area contributed by atoms with E-state index in [0.29, 0.717) is 0 Å². The van der Waals surface area contributed by atoms with Gasteiger partial charge in [0.15, 0.2) is 0 Å². The summed E-state index contributed by atoms with van der Waals surface area (Å²) < 4.78 is 0. The molecule has 2 rings (SSSR count). The largest absolute Gasteiger partial charge is 0.329 e. The van der Waals surface area contributed by atoms with Crippen LogP contribution in [0.5, 0.6) is 0 Å². The van der Waals surface area contributed by atoms with Crippen molar-refractivity contribution in [3.63, 3.8) is 0 Å². The molecular formula is C17H23NO. The molecule has 1 heterocycles. The van der Waals surface area contributed by atoms with E-state index in [1.807, 2.05) is 6.07 Å². The van der Waals surface area contributed by atoms with Crippen molar-refractivity contribution in [2.24, 2.45) is 0 Å². The molecule has 0 atom stereocenters. The average molecular weight is 257 g/mol. The van der Waals surface area contributed by atoms with Crippen molar-refractivity contribution in [2.75, 3.05) is 0 Å². The first kappa shape index (κ1) is 13.9. The van der Waals surface area contributed by atoms with Gasteiger partial charge in [0.05, 0.1) is 0 Å². The maximum Gasteiger partial charge on any atom is 0.255 e. The van der Waals surface area contributed by atoms with Crippen LogP contribution >= 0.6 is 0 Å². The summed E-state index contributed by atoms with van der Waals surface area (Å²) in [6.45, 7) is 13.2. The van der Waals surface area contributed by atoms with Crippen LogP contribution in [0.1, 0.15) is 52.7 Å². The lowest BCUT2D eigenvalue weighted by molar-refractivity contribution is 0.531. The van der Waals surface area contributed by atoms with Gasteiger partial charge in [0.2, 0.25) is 0 Å². The van der Waals surface area contributed by atoms with Gasteiger partial charge in [-0.1, -0.05) is 47.6 Å². The highest BCUT2D eigenvalue weighted by Gasteiger charge is 2.25. The molecule has 0 saturated carbocycles. The fraction of sp³-hybridized carbons (Fsp3) is 0.471. The molecule has 1 aromatic carbocycles. The van der Waals surface area contributed by atoms with E-state index in [9.17, 15) is 4.79 Å². The van der Waals surface area contributed by atoms with Crippen molar-refractivity contribution in [3.8, 4) is 0 Å². The second kappa shape index (κ2) is 4.22. The molecule has 1 N–H and O–H groups in total. The molecule has 2 aromatic rings. The van der Waals surface area contributed by atoms with Gasteiger partial charge in [0.25, 0.3) is 5.56 Å². The Balaban J connectivity index is 2.91. The number of nitrogens with one attached hydrogen (secondary N) is 1. The van der Waals surface area contributed by atoms with E-state index in [1.165, 1.54) is 11.1 Å². The Morgan fingerprint density at radius 1 is 0.895 bits per heavy atom. The van der Waals surface area contributed by atoms with Crippen molar-refractivity contribution in [2.45, 2.75) is 52.4 Å². The standard InChI is InChI=1S/C17H23NO/c1-16(2,3)13-9-11-7-8-18-15(19)12(11)10-14(13)17(4,5)6/h7-10H,1-6H3,(H,18,19). The maximum absolute atomic E-state index is 12.0. The Hall–Kier alpha value is -1.57. The summed E-state index contributed by atoms with van der Waals surface area (Å²) in [6.07, 6.45) is 1.72. The monoisotopic (exact) mass is 257 g/mol. The van der Waals surface area contributed by atoms with E-state index >= 15 is 0 Å². The van der Waals surface area contributed by atoms with Gasteiger partial charge in [-0.25, -0.2) is 0 Å². The zero-order valence-corrected chi connectivity index (χ0v) is 12.7. The van der Waals surface area contributed by atoms with Gasteiger partial charge in [0, 0.05) is 11.6 Å². The number of H-pyrrole nitrogens is 1. The third kappa shape index (κ3) is 2.58. The van der Waals surface area contributed by atoms with E-state index in [0.717, 1.165) is 10.8 Å². The summed E-state index contributed by atoms with van der Waals surface area (Å²) in [7, 11) is 0. The third-order valence-corrected chi connectivity index (χ3v) is 3.53. The summed E-state index contributed by atoms with van der Waals surface area (Å²) in [5.74, 6) is 0. The van der Waals surface area contributed by atoms with E-state index in [2.05, 4.69) is 58.7 Å².